The first-order valence-corrected chi connectivity index (χ1v) is 8.81. The zero-order chi connectivity index (χ0) is 20.3. The number of carboxylic acids is 1. The summed E-state index contributed by atoms with van der Waals surface area (Å²) >= 11 is 0.275. The van der Waals surface area contributed by atoms with Crippen LogP contribution in [0.3, 0.4) is 0 Å². The van der Waals surface area contributed by atoms with Crippen LogP contribution in [0.25, 0.3) is 10.8 Å². The first kappa shape index (κ1) is 19.5. The number of hydrogen-bond acceptors (Lipinski definition) is 5. The molecule has 0 bridgehead atoms. The molecule has 0 unspecified atom stereocenters. The molecular formula is C18H13F2N3O4S. The highest BCUT2D eigenvalue weighted by molar-refractivity contribution is 7.99. The molecule has 2 N–H and O–H groups in total. The van der Waals surface area contributed by atoms with Crippen molar-refractivity contribution in [2.75, 3.05) is 5.32 Å². The van der Waals surface area contributed by atoms with Gasteiger partial charge >= 0.3 is 5.97 Å². The fourth-order valence-corrected chi connectivity index (χ4v) is 3.19. The molecule has 1 amide bonds. The van der Waals surface area contributed by atoms with Gasteiger partial charge in [-0.15, -0.1) is 0 Å². The molecular weight excluding hydrogens is 392 g/mol. The summed E-state index contributed by atoms with van der Waals surface area (Å²) in [7, 11) is 0. The van der Waals surface area contributed by atoms with E-state index < -0.39 is 29.7 Å². The number of para-hydroxylation sites is 1. The third-order valence-corrected chi connectivity index (χ3v) is 4.53. The molecule has 1 heterocycles. The summed E-state index contributed by atoms with van der Waals surface area (Å²) in [6.07, 6.45) is 0. The number of nitrogens with zero attached hydrogens (tertiary/aromatic N) is 2. The maximum atomic E-state index is 12.6. The quantitative estimate of drug-likeness (QED) is 0.612. The van der Waals surface area contributed by atoms with Crippen LogP contribution in [0.4, 0.5) is 14.5 Å². The summed E-state index contributed by atoms with van der Waals surface area (Å²) in [5.74, 6) is -4.71. The molecule has 10 heteroatoms. The molecule has 0 saturated heterocycles. The van der Waals surface area contributed by atoms with E-state index in [0.29, 0.717) is 0 Å². The number of nitrogens with one attached hydrogen (secondary N) is 1. The Bertz CT molecular complexity index is 1120. The van der Waals surface area contributed by atoms with Crippen LogP contribution in [-0.4, -0.2) is 32.5 Å². The van der Waals surface area contributed by atoms with Crippen LogP contribution in [0.15, 0.2) is 58.2 Å². The number of rotatable bonds is 6. The summed E-state index contributed by atoms with van der Waals surface area (Å²) in [5.41, 5.74) is -0.840. The fraction of sp³-hybridized carbons (Fsp3) is 0.111. The SMILES string of the molecule is O=C(Cn1nc(C(=O)O)c2ccccc2c1=O)Nc1ccccc1SC(F)F. The first-order chi connectivity index (χ1) is 13.4. The van der Waals surface area contributed by atoms with Crippen molar-refractivity contribution in [1.82, 2.24) is 9.78 Å². The lowest BCUT2D eigenvalue weighted by Gasteiger charge is -2.12. The minimum absolute atomic E-state index is 0.108. The fourth-order valence-electron chi connectivity index (χ4n) is 2.59. The third kappa shape index (κ3) is 4.17. The van der Waals surface area contributed by atoms with Crippen molar-refractivity contribution < 1.29 is 23.5 Å². The molecule has 0 atom stereocenters. The van der Waals surface area contributed by atoms with Gasteiger partial charge in [0.05, 0.1) is 11.1 Å². The van der Waals surface area contributed by atoms with Crippen molar-refractivity contribution in [3.63, 3.8) is 0 Å². The van der Waals surface area contributed by atoms with Gasteiger partial charge in [0, 0.05) is 10.3 Å². The minimum atomic E-state index is -2.67. The van der Waals surface area contributed by atoms with Crippen molar-refractivity contribution in [1.29, 1.82) is 0 Å². The van der Waals surface area contributed by atoms with E-state index in [9.17, 15) is 28.3 Å². The van der Waals surface area contributed by atoms with Crippen LogP contribution in [0.5, 0.6) is 0 Å². The largest absolute Gasteiger partial charge is 0.476 e. The van der Waals surface area contributed by atoms with Gasteiger partial charge in [-0.25, -0.2) is 9.48 Å². The van der Waals surface area contributed by atoms with Crippen molar-refractivity contribution in [2.45, 2.75) is 17.2 Å². The first-order valence-electron chi connectivity index (χ1n) is 7.93. The zero-order valence-corrected chi connectivity index (χ0v) is 15.0. The molecule has 3 rings (SSSR count). The van der Waals surface area contributed by atoms with E-state index in [1.807, 2.05) is 0 Å². The number of anilines is 1. The number of aromatic carboxylic acids is 1. The molecule has 144 valence electrons. The number of alkyl halides is 2. The van der Waals surface area contributed by atoms with E-state index in [1.54, 1.807) is 24.3 Å². The number of carboxylic acid groups (broad SMARTS) is 1. The Kier molecular flexibility index (Phi) is 5.69. The number of benzene rings is 2. The lowest BCUT2D eigenvalue weighted by molar-refractivity contribution is -0.117. The number of fused-ring (bicyclic) bond motifs is 1. The molecule has 2 aromatic carbocycles. The van der Waals surface area contributed by atoms with Gasteiger partial charge in [0.2, 0.25) is 5.91 Å². The third-order valence-electron chi connectivity index (χ3n) is 3.74. The van der Waals surface area contributed by atoms with Crippen LogP contribution in [0.1, 0.15) is 10.5 Å². The Labute approximate surface area is 161 Å². The molecule has 0 aliphatic carbocycles. The molecule has 0 fully saturated rings. The Hall–Kier alpha value is -3.27. The average molecular weight is 405 g/mol. The number of amides is 1. The Morgan fingerprint density at radius 2 is 1.75 bits per heavy atom. The number of carbonyl (C=O) groups excluding carboxylic acids is 1. The molecule has 0 saturated carbocycles. The van der Waals surface area contributed by atoms with Gasteiger partial charge < -0.3 is 10.4 Å². The molecule has 1 aromatic heterocycles. The second-order valence-corrected chi connectivity index (χ2v) is 6.62. The molecule has 0 aliphatic rings. The standard InChI is InChI=1S/C18H13F2N3O4S/c19-18(20)28-13-8-4-3-7-12(13)21-14(24)9-23-16(25)11-6-2-1-5-10(11)15(22-23)17(26)27/h1-8,18H,9H2,(H,21,24)(H,26,27). The van der Waals surface area contributed by atoms with E-state index in [4.69, 9.17) is 0 Å². The van der Waals surface area contributed by atoms with Crippen molar-refractivity contribution in [2.24, 2.45) is 0 Å². The van der Waals surface area contributed by atoms with Crippen LogP contribution >= 0.6 is 11.8 Å². The van der Waals surface area contributed by atoms with E-state index in [2.05, 4.69) is 10.4 Å². The second kappa shape index (κ2) is 8.17. The number of carbonyl (C=O) groups is 2. The summed E-state index contributed by atoms with van der Waals surface area (Å²) in [5, 5.41) is 15.8. The smallest absolute Gasteiger partial charge is 0.357 e. The van der Waals surface area contributed by atoms with Gasteiger partial charge in [-0.05, 0) is 18.2 Å². The Morgan fingerprint density at radius 1 is 1.11 bits per heavy atom. The van der Waals surface area contributed by atoms with E-state index in [-0.39, 0.29) is 38.8 Å². The second-order valence-electron chi connectivity index (χ2n) is 5.58. The lowest BCUT2D eigenvalue weighted by Crippen LogP contribution is -2.31. The normalized spacial score (nSPS) is 11.0. The highest BCUT2D eigenvalue weighted by Gasteiger charge is 2.18. The lowest BCUT2D eigenvalue weighted by atomic mass is 10.1. The monoisotopic (exact) mass is 405 g/mol. The summed E-state index contributed by atoms with van der Waals surface area (Å²) in [4.78, 5) is 36.5. The minimum Gasteiger partial charge on any atom is -0.476 e. The molecule has 28 heavy (non-hydrogen) atoms. The predicted octanol–water partition coefficient (Wildman–Crippen LogP) is 3.05. The molecule has 3 aromatic rings. The van der Waals surface area contributed by atoms with Crippen molar-refractivity contribution >= 4 is 40.1 Å². The van der Waals surface area contributed by atoms with E-state index >= 15 is 0 Å². The van der Waals surface area contributed by atoms with Crippen molar-refractivity contribution in [3.05, 3.63) is 64.6 Å². The maximum absolute atomic E-state index is 12.6. The molecule has 0 radical (unpaired) electrons. The highest BCUT2D eigenvalue weighted by atomic mass is 32.2. The van der Waals surface area contributed by atoms with E-state index in [1.165, 1.54) is 24.3 Å². The van der Waals surface area contributed by atoms with Gasteiger partial charge in [0.1, 0.15) is 6.54 Å². The zero-order valence-electron chi connectivity index (χ0n) is 14.1. The van der Waals surface area contributed by atoms with Crippen LogP contribution in [0.2, 0.25) is 0 Å². The number of thioether (sulfide) groups is 1. The number of aromatic nitrogens is 2. The average Bonchev–Trinajstić information content (AvgIpc) is 2.65. The van der Waals surface area contributed by atoms with Gasteiger partial charge in [0.15, 0.2) is 5.69 Å². The summed E-state index contributed by atoms with van der Waals surface area (Å²) in [6.45, 7) is -0.572. The summed E-state index contributed by atoms with van der Waals surface area (Å²) in [6, 6.07) is 12.0. The van der Waals surface area contributed by atoms with Crippen LogP contribution < -0.4 is 10.9 Å². The van der Waals surface area contributed by atoms with Crippen LogP contribution in [-0.2, 0) is 11.3 Å². The van der Waals surface area contributed by atoms with Gasteiger partial charge in [-0.3, -0.25) is 9.59 Å². The maximum Gasteiger partial charge on any atom is 0.357 e. The Morgan fingerprint density at radius 3 is 2.43 bits per heavy atom. The van der Waals surface area contributed by atoms with Crippen LogP contribution in [0, 0.1) is 0 Å². The number of hydrogen-bond donors (Lipinski definition) is 2. The molecule has 0 spiro atoms. The number of halogens is 2. The van der Waals surface area contributed by atoms with Gasteiger partial charge in [0.25, 0.3) is 11.3 Å². The predicted molar refractivity (Wildman–Crippen MR) is 99.9 cm³/mol. The molecule has 0 aliphatic heterocycles. The topological polar surface area (TPSA) is 101 Å². The van der Waals surface area contributed by atoms with E-state index in [0.717, 1.165) is 4.68 Å². The highest BCUT2D eigenvalue weighted by Crippen LogP contribution is 2.31. The van der Waals surface area contributed by atoms with Gasteiger partial charge in [-0.2, -0.15) is 13.9 Å². The molecule has 7 nitrogen and oxygen atoms in total. The van der Waals surface area contributed by atoms with Gasteiger partial charge in [-0.1, -0.05) is 42.1 Å². The van der Waals surface area contributed by atoms with Crippen molar-refractivity contribution in [3.8, 4) is 0 Å². The Balaban J connectivity index is 1.91. The summed E-state index contributed by atoms with van der Waals surface area (Å²) < 4.78 is 26.0.